The fraction of sp³-hybridized carbons (Fsp3) is 0.182. The zero-order valence-electron chi connectivity index (χ0n) is 16.0. The number of urea groups is 1. The van der Waals surface area contributed by atoms with E-state index in [9.17, 15) is 13.2 Å². The molecule has 0 fully saturated rings. The Hall–Kier alpha value is -3.19. The first-order valence-corrected chi connectivity index (χ1v) is 11.2. The van der Waals surface area contributed by atoms with E-state index >= 15 is 0 Å². The number of benzene rings is 2. The van der Waals surface area contributed by atoms with Crippen molar-refractivity contribution in [2.24, 2.45) is 0 Å². The number of fused-ring (bicyclic) bond motifs is 1. The van der Waals surface area contributed by atoms with Crippen molar-refractivity contribution in [3.8, 4) is 0 Å². The van der Waals surface area contributed by atoms with Crippen molar-refractivity contribution < 1.29 is 13.2 Å². The SMILES string of the molecule is CS(=O)(=O)c1ccccc1N1C(=O)N(CCc2ccccc2)Cc2cccnc21. The highest BCUT2D eigenvalue weighted by atomic mass is 32.2. The van der Waals surface area contributed by atoms with Gasteiger partial charge in [-0.3, -0.25) is 0 Å². The molecule has 7 heteroatoms. The van der Waals surface area contributed by atoms with Crippen molar-refractivity contribution in [2.75, 3.05) is 17.7 Å². The van der Waals surface area contributed by atoms with Crippen LogP contribution in [0.2, 0.25) is 0 Å². The zero-order valence-corrected chi connectivity index (χ0v) is 16.8. The molecule has 6 nitrogen and oxygen atoms in total. The summed E-state index contributed by atoms with van der Waals surface area (Å²) >= 11 is 0. The summed E-state index contributed by atoms with van der Waals surface area (Å²) in [7, 11) is -3.52. The zero-order chi connectivity index (χ0) is 20.4. The molecule has 0 N–H and O–H groups in total. The highest BCUT2D eigenvalue weighted by molar-refractivity contribution is 7.90. The molecule has 0 atom stereocenters. The Morgan fingerprint density at radius 2 is 1.69 bits per heavy atom. The normalized spacial score (nSPS) is 14.0. The number of nitrogens with zero attached hydrogens (tertiary/aromatic N) is 3. The van der Waals surface area contributed by atoms with Gasteiger partial charge in [0.15, 0.2) is 9.84 Å². The molecule has 0 spiro atoms. The largest absolute Gasteiger partial charge is 0.330 e. The summed E-state index contributed by atoms with van der Waals surface area (Å²) in [5.41, 5.74) is 2.34. The van der Waals surface area contributed by atoms with Crippen LogP contribution in [0.1, 0.15) is 11.1 Å². The summed E-state index contributed by atoms with van der Waals surface area (Å²) < 4.78 is 24.7. The van der Waals surface area contributed by atoms with Crippen LogP contribution in [0.25, 0.3) is 0 Å². The highest BCUT2D eigenvalue weighted by Gasteiger charge is 2.34. The second-order valence-electron chi connectivity index (χ2n) is 7.00. The number of rotatable bonds is 5. The molecule has 1 aromatic heterocycles. The molecule has 0 saturated heterocycles. The molecule has 0 aliphatic carbocycles. The van der Waals surface area contributed by atoms with E-state index in [4.69, 9.17) is 0 Å². The standard InChI is InChI=1S/C22H21N3O3S/c1-29(27,28)20-12-6-5-11-19(20)25-21-18(10-7-14-23-21)16-24(22(25)26)15-13-17-8-3-2-4-9-17/h2-12,14H,13,15-16H2,1H3. The van der Waals surface area contributed by atoms with Gasteiger partial charge < -0.3 is 4.90 Å². The lowest BCUT2D eigenvalue weighted by molar-refractivity contribution is 0.201. The van der Waals surface area contributed by atoms with Gasteiger partial charge >= 0.3 is 6.03 Å². The van der Waals surface area contributed by atoms with Gasteiger partial charge in [0.2, 0.25) is 0 Å². The molecule has 0 radical (unpaired) electrons. The van der Waals surface area contributed by atoms with Crippen molar-refractivity contribution in [1.82, 2.24) is 9.88 Å². The predicted octanol–water partition coefficient (Wildman–Crippen LogP) is 3.80. The topological polar surface area (TPSA) is 70.6 Å². The number of sulfone groups is 1. The first kappa shape index (κ1) is 19.1. The maximum absolute atomic E-state index is 13.4. The summed E-state index contributed by atoms with van der Waals surface area (Å²) in [6.45, 7) is 0.959. The van der Waals surface area contributed by atoms with Crippen LogP contribution in [0.3, 0.4) is 0 Å². The van der Waals surface area contributed by atoms with E-state index in [1.165, 1.54) is 11.0 Å². The van der Waals surface area contributed by atoms with Crippen molar-refractivity contribution in [3.63, 3.8) is 0 Å². The van der Waals surface area contributed by atoms with Gasteiger partial charge in [0.25, 0.3) is 0 Å². The van der Waals surface area contributed by atoms with Crippen LogP contribution >= 0.6 is 0 Å². The molecule has 0 saturated carbocycles. The van der Waals surface area contributed by atoms with Crippen molar-refractivity contribution in [1.29, 1.82) is 0 Å². The predicted molar refractivity (Wildman–Crippen MR) is 112 cm³/mol. The number of amides is 2. The lowest BCUT2D eigenvalue weighted by atomic mass is 10.1. The van der Waals surface area contributed by atoms with E-state index in [-0.39, 0.29) is 10.9 Å². The Kier molecular flexibility index (Phi) is 5.07. The number of pyridine rings is 1. The summed E-state index contributed by atoms with van der Waals surface area (Å²) in [5.74, 6) is 0.476. The van der Waals surface area contributed by atoms with E-state index in [1.807, 2.05) is 42.5 Å². The quantitative estimate of drug-likeness (QED) is 0.645. The maximum atomic E-state index is 13.4. The molecule has 2 amide bonds. The second-order valence-corrected chi connectivity index (χ2v) is 8.99. The van der Waals surface area contributed by atoms with Gasteiger partial charge in [0, 0.05) is 24.6 Å². The smallest absolute Gasteiger partial charge is 0.319 e. The Bertz CT molecular complexity index is 1150. The van der Waals surface area contributed by atoms with E-state index in [0.717, 1.165) is 17.4 Å². The summed E-state index contributed by atoms with van der Waals surface area (Å²) in [6, 6.07) is 20.0. The van der Waals surface area contributed by atoms with Gasteiger partial charge in [0.1, 0.15) is 5.82 Å². The third-order valence-electron chi connectivity index (χ3n) is 4.92. The van der Waals surface area contributed by atoms with Gasteiger partial charge in [-0.25, -0.2) is 23.1 Å². The van der Waals surface area contributed by atoms with E-state index in [0.29, 0.717) is 31.0 Å². The third kappa shape index (κ3) is 3.86. The summed E-state index contributed by atoms with van der Waals surface area (Å²) in [6.07, 6.45) is 3.47. The molecule has 0 bridgehead atoms. The molecule has 4 rings (SSSR count). The van der Waals surface area contributed by atoms with Crippen LogP contribution in [0.4, 0.5) is 16.3 Å². The van der Waals surface area contributed by atoms with Gasteiger partial charge in [-0.05, 0) is 30.2 Å². The van der Waals surface area contributed by atoms with E-state index < -0.39 is 9.84 Å². The molecule has 1 aliphatic heterocycles. The molecular weight excluding hydrogens is 386 g/mol. The molecule has 3 aromatic rings. The number of hydrogen-bond acceptors (Lipinski definition) is 4. The Balaban J connectivity index is 1.74. The van der Waals surface area contributed by atoms with Gasteiger partial charge in [-0.1, -0.05) is 48.5 Å². The molecule has 1 aliphatic rings. The van der Waals surface area contributed by atoms with Gasteiger partial charge in [-0.15, -0.1) is 0 Å². The average molecular weight is 407 g/mol. The molecule has 0 unspecified atom stereocenters. The van der Waals surface area contributed by atoms with Crippen LogP contribution in [0, 0.1) is 0 Å². The minimum Gasteiger partial charge on any atom is -0.319 e. The summed E-state index contributed by atoms with van der Waals surface area (Å²) in [4.78, 5) is 21.0. The average Bonchev–Trinajstić information content (AvgIpc) is 2.72. The lowest BCUT2D eigenvalue weighted by Gasteiger charge is -2.36. The number of aromatic nitrogens is 1. The third-order valence-corrected chi connectivity index (χ3v) is 6.07. The monoisotopic (exact) mass is 407 g/mol. The van der Waals surface area contributed by atoms with Crippen LogP contribution < -0.4 is 4.90 Å². The maximum Gasteiger partial charge on any atom is 0.330 e. The molecule has 2 heterocycles. The fourth-order valence-corrected chi connectivity index (χ4v) is 4.38. The van der Waals surface area contributed by atoms with Crippen molar-refractivity contribution >= 4 is 27.4 Å². The Morgan fingerprint density at radius 3 is 2.45 bits per heavy atom. The Labute approximate surface area is 170 Å². The minimum atomic E-state index is -3.52. The van der Waals surface area contributed by atoms with Crippen LogP contribution in [0.5, 0.6) is 0 Å². The first-order valence-electron chi connectivity index (χ1n) is 9.31. The van der Waals surface area contributed by atoms with E-state index in [2.05, 4.69) is 4.98 Å². The number of carbonyl (C=O) groups is 1. The van der Waals surface area contributed by atoms with Crippen LogP contribution in [0.15, 0.2) is 77.8 Å². The van der Waals surface area contributed by atoms with E-state index in [1.54, 1.807) is 29.3 Å². The van der Waals surface area contributed by atoms with Gasteiger partial charge in [0.05, 0.1) is 17.1 Å². The number of hydrogen-bond donors (Lipinski definition) is 0. The molecular formula is C22H21N3O3S. The molecule has 148 valence electrons. The number of anilines is 2. The van der Waals surface area contributed by atoms with Gasteiger partial charge in [-0.2, -0.15) is 0 Å². The fourth-order valence-electron chi connectivity index (χ4n) is 3.52. The molecule has 29 heavy (non-hydrogen) atoms. The summed E-state index contributed by atoms with van der Waals surface area (Å²) in [5, 5.41) is 0. The van der Waals surface area contributed by atoms with Crippen molar-refractivity contribution in [3.05, 3.63) is 84.1 Å². The Morgan fingerprint density at radius 1 is 0.966 bits per heavy atom. The lowest BCUT2D eigenvalue weighted by Crippen LogP contribution is -2.46. The number of carbonyl (C=O) groups excluding carboxylic acids is 1. The molecule has 2 aromatic carbocycles. The van der Waals surface area contributed by atoms with Crippen molar-refractivity contribution in [2.45, 2.75) is 17.9 Å². The first-order chi connectivity index (χ1) is 13.9. The minimum absolute atomic E-state index is 0.106. The highest BCUT2D eigenvalue weighted by Crippen LogP contribution is 2.36. The van der Waals surface area contributed by atoms with Crippen LogP contribution in [-0.2, 0) is 22.8 Å². The number of para-hydroxylation sites is 1. The van der Waals surface area contributed by atoms with Crippen LogP contribution in [-0.4, -0.2) is 37.1 Å². The second kappa shape index (κ2) is 7.67.